The normalized spacial score (nSPS) is 25.8. The van der Waals surface area contributed by atoms with Gasteiger partial charge in [-0.15, -0.1) is 0 Å². The SMILES string of the molecule is N#C/C(=C/N1CCCCC1CCO)C(=O)NCC1CCCO1. The molecule has 2 aliphatic rings. The van der Waals surface area contributed by atoms with Gasteiger partial charge in [0.15, 0.2) is 0 Å². The first-order valence-electron chi connectivity index (χ1n) is 8.13. The van der Waals surface area contributed by atoms with Crippen LogP contribution in [-0.4, -0.2) is 54.4 Å². The summed E-state index contributed by atoms with van der Waals surface area (Å²) in [7, 11) is 0. The predicted molar refractivity (Wildman–Crippen MR) is 81.7 cm³/mol. The highest BCUT2D eigenvalue weighted by atomic mass is 16.5. The Balaban J connectivity index is 1.92. The second kappa shape index (κ2) is 8.76. The zero-order chi connectivity index (χ0) is 15.8. The van der Waals surface area contributed by atoms with Crippen molar-refractivity contribution in [2.24, 2.45) is 0 Å². The quantitative estimate of drug-likeness (QED) is 0.563. The van der Waals surface area contributed by atoms with Gasteiger partial charge in [0.05, 0.1) is 6.10 Å². The van der Waals surface area contributed by atoms with Gasteiger partial charge in [-0.25, -0.2) is 0 Å². The first-order chi connectivity index (χ1) is 10.7. The van der Waals surface area contributed by atoms with Crippen LogP contribution in [0.25, 0.3) is 0 Å². The third-order valence-electron chi connectivity index (χ3n) is 4.31. The van der Waals surface area contributed by atoms with Crippen molar-refractivity contribution in [2.45, 2.75) is 50.7 Å². The van der Waals surface area contributed by atoms with E-state index in [9.17, 15) is 10.1 Å². The fourth-order valence-corrected chi connectivity index (χ4v) is 3.06. The van der Waals surface area contributed by atoms with E-state index in [1.165, 1.54) is 0 Å². The highest BCUT2D eigenvalue weighted by Gasteiger charge is 2.22. The number of nitrogens with one attached hydrogen (secondary N) is 1. The Morgan fingerprint density at radius 2 is 2.27 bits per heavy atom. The third kappa shape index (κ3) is 4.72. The summed E-state index contributed by atoms with van der Waals surface area (Å²) in [5.74, 6) is -0.341. The zero-order valence-electron chi connectivity index (χ0n) is 13.0. The molecule has 2 N–H and O–H groups in total. The van der Waals surface area contributed by atoms with Crippen molar-refractivity contribution in [3.8, 4) is 6.07 Å². The molecule has 0 bridgehead atoms. The lowest BCUT2D eigenvalue weighted by Gasteiger charge is -2.34. The van der Waals surface area contributed by atoms with Crippen molar-refractivity contribution in [1.82, 2.24) is 10.2 Å². The van der Waals surface area contributed by atoms with E-state index in [4.69, 9.17) is 9.84 Å². The average molecular weight is 307 g/mol. The maximum absolute atomic E-state index is 12.1. The molecule has 122 valence electrons. The standard InChI is InChI=1S/C16H25N3O3/c17-10-13(16(21)18-11-15-5-3-9-22-15)12-19-7-2-1-4-14(19)6-8-20/h12,14-15,20H,1-9,11H2,(H,18,21)/b13-12-. The van der Waals surface area contributed by atoms with Crippen LogP contribution in [0.15, 0.2) is 11.8 Å². The van der Waals surface area contributed by atoms with Crippen molar-refractivity contribution >= 4 is 5.91 Å². The summed E-state index contributed by atoms with van der Waals surface area (Å²) in [4.78, 5) is 14.2. The summed E-state index contributed by atoms with van der Waals surface area (Å²) in [6, 6.07) is 2.21. The van der Waals surface area contributed by atoms with Gasteiger partial charge < -0.3 is 20.1 Å². The van der Waals surface area contributed by atoms with Crippen LogP contribution < -0.4 is 5.32 Å². The number of hydrogen-bond acceptors (Lipinski definition) is 5. The number of likely N-dealkylation sites (tertiary alicyclic amines) is 1. The van der Waals surface area contributed by atoms with Crippen LogP contribution in [0, 0.1) is 11.3 Å². The van der Waals surface area contributed by atoms with Crippen LogP contribution in [0.3, 0.4) is 0 Å². The van der Waals surface area contributed by atoms with E-state index < -0.39 is 0 Å². The summed E-state index contributed by atoms with van der Waals surface area (Å²) in [6.07, 6.45) is 7.55. The average Bonchev–Trinajstić information content (AvgIpc) is 3.05. The number of rotatable bonds is 6. The fraction of sp³-hybridized carbons (Fsp3) is 0.750. The largest absolute Gasteiger partial charge is 0.396 e. The Labute approximate surface area is 131 Å². The smallest absolute Gasteiger partial charge is 0.263 e. The molecule has 0 aliphatic carbocycles. The molecule has 2 unspecified atom stereocenters. The van der Waals surface area contributed by atoms with E-state index in [0.29, 0.717) is 13.0 Å². The lowest BCUT2D eigenvalue weighted by molar-refractivity contribution is -0.117. The highest BCUT2D eigenvalue weighted by molar-refractivity contribution is 5.97. The Kier molecular flexibility index (Phi) is 6.69. The minimum Gasteiger partial charge on any atom is -0.396 e. The Morgan fingerprint density at radius 3 is 2.95 bits per heavy atom. The Hall–Kier alpha value is -1.58. The third-order valence-corrected chi connectivity index (χ3v) is 4.31. The van der Waals surface area contributed by atoms with E-state index in [0.717, 1.165) is 45.3 Å². The van der Waals surface area contributed by atoms with Crippen molar-refractivity contribution in [3.63, 3.8) is 0 Å². The number of piperidine rings is 1. The monoisotopic (exact) mass is 307 g/mol. The number of carbonyl (C=O) groups excluding carboxylic acids is 1. The number of nitrogens with zero attached hydrogens (tertiary/aromatic N) is 2. The van der Waals surface area contributed by atoms with Gasteiger partial charge in [0.2, 0.25) is 0 Å². The minimum atomic E-state index is -0.341. The molecule has 2 fully saturated rings. The van der Waals surface area contributed by atoms with Crippen molar-refractivity contribution < 1.29 is 14.6 Å². The molecule has 2 atom stereocenters. The molecule has 2 heterocycles. The van der Waals surface area contributed by atoms with Gasteiger partial charge in [-0.05, 0) is 38.5 Å². The van der Waals surface area contributed by atoms with E-state index in [2.05, 4.69) is 5.32 Å². The van der Waals surface area contributed by atoms with Crippen molar-refractivity contribution in [3.05, 3.63) is 11.8 Å². The summed E-state index contributed by atoms with van der Waals surface area (Å²) >= 11 is 0. The molecular formula is C16H25N3O3. The van der Waals surface area contributed by atoms with Crippen LogP contribution in [0.4, 0.5) is 0 Å². The Bertz CT molecular complexity index is 436. The molecule has 0 aromatic carbocycles. The number of aliphatic hydroxyl groups is 1. The van der Waals surface area contributed by atoms with Gasteiger partial charge in [-0.3, -0.25) is 4.79 Å². The summed E-state index contributed by atoms with van der Waals surface area (Å²) in [5, 5.41) is 21.2. The molecule has 0 saturated carbocycles. The van der Waals surface area contributed by atoms with Crippen molar-refractivity contribution in [1.29, 1.82) is 5.26 Å². The van der Waals surface area contributed by atoms with Gasteiger partial charge in [0, 0.05) is 38.5 Å². The van der Waals surface area contributed by atoms with Gasteiger partial charge >= 0.3 is 0 Å². The van der Waals surface area contributed by atoms with Gasteiger partial charge in [-0.1, -0.05) is 0 Å². The van der Waals surface area contributed by atoms with E-state index in [1.807, 2.05) is 11.0 Å². The molecule has 2 rings (SSSR count). The van der Waals surface area contributed by atoms with Crippen LogP contribution >= 0.6 is 0 Å². The van der Waals surface area contributed by atoms with Crippen LogP contribution in [-0.2, 0) is 9.53 Å². The number of aliphatic hydroxyl groups excluding tert-OH is 1. The molecule has 1 amide bonds. The predicted octanol–water partition coefficient (Wildman–Crippen LogP) is 0.926. The van der Waals surface area contributed by atoms with E-state index in [1.54, 1.807) is 6.20 Å². The lowest BCUT2D eigenvalue weighted by atomic mass is 10.00. The first kappa shape index (κ1) is 16.8. The second-order valence-electron chi connectivity index (χ2n) is 5.90. The highest BCUT2D eigenvalue weighted by Crippen LogP contribution is 2.20. The van der Waals surface area contributed by atoms with E-state index in [-0.39, 0.29) is 30.2 Å². The number of carbonyl (C=O) groups is 1. The maximum Gasteiger partial charge on any atom is 0.263 e. The summed E-state index contributed by atoms with van der Waals surface area (Å²) < 4.78 is 5.46. The minimum absolute atomic E-state index is 0.0704. The summed E-state index contributed by atoms with van der Waals surface area (Å²) in [6.45, 7) is 2.16. The molecule has 2 saturated heterocycles. The fourth-order valence-electron chi connectivity index (χ4n) is 3.06. The van der Waals surface area contributed by atoms with Gasteiger partial charge in [0.1, 0.15) is 11.6 Å². The van der Waals surface area contributed by atoms with Crippen molar-refractivity contribution in [2.75, 3.05) is 26.3 Å². The molecule has 0 spiro atoms. The van der Waals surface area contributed by atoms with E-state index >= 15 is 0 Å². The van der Waals surface area contributed by atoms with Crippen LogP contribution in [0.1, 0.15) is 38.5 Å². The van der Waals surface area contributed by atoms with Crippen LogP contribution in [0.2, 0.25) is 0 Å². The van der Waals surface area contributed by atoms with Crippen LogP contribution in [0.5, 0.6) is 0 Å². The molecule has 6 heteroatoms. The second-order valence-corrected chi connectivity index (χ2v) is 5.90. The summed E-state index contributed by atoms with van der Waals surface area (Å²) in [5.41, 5.74) is 0.128. The molecule has 0 aromatic heterocycles. The molecule has 2 aliphatic heterocycles. The topological polar surface area (TPSA) is 85.6 Å². The number of amides is 1. The lowest BCUT2D eigenvalue weighted by Crippen LogP contribution is -2.38. The Morgan fingerprint density at radius 1 is 1.41 bits per heavy atom. The molecular weight excluding hydrogens is 282 g/mol. The molecule has 6 nitrogen and oxygen atoms in total. The number of hydrogen-bond donors (Lipinski definition) is 2. The van der Waals surface area contributed by atoms with Gasteiger partial charge in [-0.2, -0.15) is 5.26 Å². The maximum atomic E-state index is 12.1. The molecule has 0 aromatic rings. The number of nitriles is 1. The van der Waals surface area contributed by atoms with Gasteiger partial charge in [0.25, 0.3) is 5.91 Å². The zero-order valence-corrected chi connectivity index (χ0v) is 13.0. The molecule has 0 radical (unpaired) electrons. The molecule has 22 heavy (non-hydrogen) atoms. The number of ether oxygens (including phenoxy) is 1. The first-order valence-corrected chi connectivity index (χ1v) is 8.13.